The Hall–Kier alpha value is -1.03. The van der Waals surface area contributed by atoms with Crippen molar-refractivity contribution in [3.05, 3.63) is 35.9 Å². The highest BCUT2D eigenvalue weighted by Gasteiger charge is 2.76. The maximum Gasteiger partial charge on any atom is 0.407 e. The highest BCUT2D eigenvalue weighted by Crippen LogP contribution is 2.72. The van der Waals surface area contributed by atoms with Crippen LogP contribution in [0.4, 0.5) is 4.79 Å². The molecule has 19 heavy (non-hydrogen) atoms. The SMILES string of the molecule is COC(=O)NC12CCCCC1C2(Br)c1ccccc1. The van der Waals surface area contributed by atoms with E-state index in [0.29, 0.717) is 5.92 Å². The van der Waals surface area contributed by atoms with Crippen LogP contribution >= 0.6 is 15.9 Å². The van der Waals surface area contributed by atoms with E-state index in [1.54, 1.807) is 0 Å². The number of alkyl halides is 1. The van der Waals surface area contributed by atoms with Crippen molar-refractivity contribution >= 4 is 22.0 Å². The van der Waals surface area contributed by atoms with Gasteiger partial charge in [-0.25, -0.2) is 4.79 Å². The van der Waals surface area contributed by atoms with Crippen LogP contribution in [0.3, 0.4) is 0 Å². The number of alkyl carbamates (subject to hydrolysis) is 1. The van der Waals surface area contributed by atoms with Crippen molar-refractivity contribution < 1.29 is 9.53 Å². The van der Waals surface area contributed by atoms with Crippen molar-refractivity contribution in [2.24, 2.45) is 5.92 Å². The lowest BCUT2D eigenvalue weighted by Gasteiger charge is -2.24. The van der Waals surface area contributed by atoms with Gasteiger partial charge in [0.1, 0.15) is 0 Å². The van der Waals surface area contributed by atoms with E-state index in [1.165, 1.54) is 19.1 Å². The first-order valence-corrected chi connectivity index (χ1v) is 7.55. The molecule has 0 heterocycles. The first-order valence-electron chi connectivity index (χ1n) is 6.76. The van der Waals surface area contributed by atoms with Crippen LogP contribution in [-0.4, -0.2) is 18.7 Å². The fourth-order valence-electron chi connectivity index (χ4n) is 3.74. The third-order valence-corrected chi connectivity index (χ3v) is 6.38. The topological polar surface area (TPSA) is 38.3 Å². The summed E-state index contributed by atoms with van der Waals surface area (Å²) < 4.78 is 4.67. The van der Waals surface area contributed by atoms with Gasteiger partial charge in [0.25, 0.3) is 0 Å². The van der Waals surface area contributed by atoms with Crippen LogP contribution in [0.15, 0.2) is 30.3 Å². The molecule has 1 amide bonds. The van der Waals surface area contributed by atoms with Crippen LogP contribution in [-0.2, 0) is 9.06 Å². The molecule has 3 unspecified atom stereocenters. The minimum Gasteiger partial charge on any atom is -0.453 e. The quantitative estimate of drug-likeness (QED) is 0.845. The number of fused-ring (bicyclic) bond motifs is 1. The van der Waals surface area contributed by atoms with E-state index in [9.17, 15) is 4.79 Å². The van der Waals surface area contributed by atoms with Crippen molar-refractivity contribution in [1.29, 1.82) is 0 Å². The Morgan fingerprint density at radius 3 is 2.79 bits per heavy atom. The molecular weight excluding hydrogens is 306 g/mol. The number of ether oxygens (including phenoxy) is 1. The van der Waals surface area contributed by atoms with Gasteiger partial charge in [0.15, 0.2) is 0 Å². The summed E-state index contributed by atoms with van der Waals surface area (Å²) >= 11 is 3.94. The number of carbonyl (C=O) groups excluding carboxylic acids is 1. The van der Waals surface area contributed by atoms with Crippen molar-refractivity contribution in [3.8, 4) is 0 Å². The second kappa shape index (κ2) is 4.51. The molecule has 1 aromatic carbocycles. The van der Waals surface area contributed by atoms with E-state index >= 15 is 0 Å². The summed E-state index contributed by atoms with van der Waals surface area (Å²) in [5.41, 5.74) is 1.07. The summed E-state index contributed by atoms with van der Waals surface area (Å²) in [5, 5.41) is 3.10. The summed E-state index contributed by atoms with van der Waals surface area (Å²) in [6.07, 6.45) is 4.21. The van der Waals surface area contributed by atoms with Crippen molar-refractivity contribution in [3.63, 3.8) is 0 Å². The zero-order valence-corrected chi connectivity index (χ0v) is 12.6. The molecule has 0 aliphatic heterocycles. The molecule has 1 N–H and O–H groups in total. The van der Waals surface area contributed by atoms with Crippen molar-refractivity contribution in [2.45, 2.75) is 35.5 Å². The summed E-state index contributed by atoms with van der Waals surface area (Å²) in [5.74, 6) is 0.454. The Balaban J connectivity index is 1.95. The van der Waals surface area contributed by atoms with E-state index in [-0.39, 0.29) is 16.0 Å². The number of benzene rings is 1. The predicted octanol–water partition coefficient (Wildman–Crippen LogP) is 3.58. The second-order valence-electron chi connectivity index (χ2n) is 5.46. The number of methoxy groups -OCH3 is 1. The average Bonchev–Trinajstić information content (AvgIpc) is 3.00. The number of hydrogen-bond donors (Lipinski definition) is 1. The smallest absolute Gasteiger partial charge is 0.407 e. The normalized spacial score (nSPS) is 36.2. The van der Waals surface area contributed by atoms with E-state index < -0.39 is 0 Å². The third-order valence-electron chi connectivity index (χ3n) is 4.66. The number of hydrogen-bond acceptors (Lipinski definition) is 2. The van der Waals surface area contributed by atoms with Gasteiger partial charge in [-0.1, -0.05) is 59.1 Å². The molecule has 2 saturated carbocycles. The molecule has 3 atom stereocenters. The molecule has 0 spiro atoms. The standard InChI is InChI=1S/C15H18BrNO2/c1-19-13(18)17-14-10-6-5-9-12(14)15(14,16)11-7-3-2-4-8-11/h2-4,7-8,12H,5-6,9-10H2,1H3,(H,17,18). The number of carbonyl (C=O) groups is 1. The summed E-state index contributed by atoms with van der Waals surface area (Å²) in [7, 11) is 1.42. The molecule has 2 fully saturated rings. The number of halogens is 1. The minimum absolute atomic E-state index is 0.133. The van der Waals surface area contributed by atoms with Gasteiger partial charge in [0.05, 0.1) is 17.0 Å². The summed E-state index contributed by atoms with van der Waals surface area (Å²) in [6, 6.07) is 10.4. The molecule has 0 radical (unpaired) electrons. The maximum atomic E-state index is 11.7. The van der Waals surface area contributed by atoms with Gasteiger partial charge in [-0.2, -0.15) is 0 Å². The van der Waals surface area contributed by atoms with Crippen LogP contribution in [0.25, 0.3) is 0 Å². The van der Waals surface area contributed by atoms with Crippen LogP contribution in [0, 0.1) is 5.92 Å². The molecule has 2 aliphatic rings. The fraction of sp³-hybridized carbons (Fsp3) is 0.533. The zero-order valence-electron chi connectivity index (χ0n) is 11.0. The monoisotopic (exact) mass is 323 g/mol. The van der Waals surface area contributed by atoms with Crippen LogP contribution in [0.1, 0.15) is 31.2 Å². The Bertz CT molecular complexity index is 492. The van der Waals surface area contributed by atoms with Gasteiger partial charge in [0.2, 0.25) is 0 Å². The Morgan fingerprint density at radius 1 is 1.37 bits per heavy atom. The Morgan fingerprint density at radius 2 is 2.11 bits per heavy atom. The summed E-state index contributed by atoms with van der Waals surface area (Å²) in [4.78, 5) is 11.7. The lowest BCUT2D eigenvalue weighted by Crippen LogP contribution is -2.43. The predicted molar refractivity (Wildman–Crippen MR) is 77.3 cm³/mol. The molecular formula is C15H18BrNO2. The van der Waals surface area contributed by atoms with Gasteiger partial charge < -0.3 is 10.1 Å². The molecule has 0 aromatic heterocycles. The second-order valence-corrected chi connectivity index (χ2v) is 6.71. The lowest BCUT2D eigenvalue weighted by molar-refractivity contribution is 0.160. The molecule has 4 heteroatoms. The highest BCUT2D eigenvalue weighted by atomic mass is 79.9. The Labute approximate surface area is 121 Å². The van der Waals surface area contributed by atoms with Crippen LogP contribution < -0.4 is 5.32 Å². The number of rotatable bonds is 2. The fourth-order valence-corrected chi connectivity index (χ4v) is 5.09. The van der Waals surface area contributed by atoms with E-state index in [4.69, 9.17) is 4.74 Å². The number of amides is 1. The molecule has 1 aromatic rings. The molecule has 2 aliphatic carbocycles. The van der Waals surface area contributed by atoms with Crippen LogP contribution in [0.5, 0.6) is 0 Å². The van der Waals surface area contributed by atoms with Crippen LogP contribution in [0.2, 0.25) is 0 Å². The molecule has 0 bridgehead atoms. The zero-order chi connectivity index (χ0) is 13.5. The van der Waals surface area contributed by atoms with E-state index in [0.717, 1.165) is 19.3 Å². The molecule has 3 rings (SSSR count). The molecule has 3 nitrogen and oxygen atoms in total. The van der Waals surface area contributed by atoms with E-state index in [1.807, 2.05) is 6.07 Å². The van der Waals surface area contributed by atoms with Crippen molar-refractivity contribution in [2.75, 3.05) is 7.11 Å². The van der Waals surface area contributed by atoms with Gasteiger partial charge in [0, 0.05) is 5.92 Å². The molecule has 0 saturated heterocycles. The highest BCUT2D eigenvalue weighted by molar-refractivity contribution is 9.10. The molecule has 102 valence electrons. The largest absolute Gasteiger partial charge is 0.453 e. The van der Waals surface area contributed by atoms with Gasteiger partial charge in [-0.15, -0.1) is 0 Å². The average molecular weight is 324 g/mol. The maximum absolute atomic E-state index is 11.7. The van der Waals surface area contributed by atoms with Gasteiger partial charge in [-0.3, -0.25) is 0 Å². The van der Waals surface area contributed by atoms with Crippen molar-refractivity contribution in [1.82, 2.24) is 5.32 Å². The van der Waals surface area contributed by atoms with Gasteiger partial charge >= 0.3 is 6.09 Å². The lowest BCUT2D eigenvalue weighted by atomic mass is 9.95. The first kappa shape index (κ1) is 13.0. The summed E-state index contributed by atoms with van der Waals surface area (Å²) in [6.45, 7) is 0. The van der Waals surface area contributed by atoms with E-state index in [2.05, 4.69) is 45.5 Å². The number of nitrogens with one attached hydrogen (secondary N) is 1. The Kier molecular flexibility index (Phi) is 3.08. The van der Waals surface area contributed by atoms with Gasteiger partial charge in [-0.05, 0) is 18.4 Å². The minimum atomic E-state index is -0.329. The first-order chi connectivity index (χ1) is 9.15. The third kappa shape index (κ3) is 1.72.